The third-order valence-corrected chi connectivity index (χ3v) is 4.46. The molecule has 0 heterocycles. The second kappa shape index (κ2) is 8.80. The average molecular weight is 333 g/mol. The highest BCUT2D eigenvalue weighted by Gasteiger charge is 2.18. The fraction of sp³-hybridized carbons (Fsp3) is 0.556. The Morgan fingerprint density at radius 3 is 2.62 bits per heavy atom. The van der Waals surface area contributed by atoms with Crippen LogP contribution in [0.4, 0.5) is 5.69 Å². The van der Waals surface area contributed by atoms with Crippen molar-refractivity contribution in [1.82, 2.24) is 5.32 Å². The van der Waals surface area contributed by atoms with Crippen LogP contribution in [0, 0.1) is 6.92 Å². The number of methoxy groups -OCH3 is 1. The van der Waals surface area contributed by atoms with Crippen LogP contribution in [-0.4, -0.2) is 37.6 Å². The molecule has 1 aromatic rings. The first-order valence-corrected chi connectivity index (χ1v) is 8.47. The molecule has 1 atom stereocenters. The number of rotatable bonds is 7. The first-order chi connectivity index (χ1) is 11.5. The molecule has 2 amide bonds. The van der Waals surface area contributed by atoms with Crippen molar-refractivity contribution in [1.29, 1.82) is 0 Å². The van der Waals surface area contributed by atoms with Gasteiger partial charge in [-0.05, 0) is 43.5 Å². The highest BCUT2D eigenvalue weighted by Crippen LogP contribution is 2.20. The number of hydrogen-bond acceptors (Lipinski definition) is 4. The van der Waals surface area contributed by atoms with Crippen molar-refractivity contribution in [2.24, 2.45) is 5.73 Å². The van der Waals surface area contributed by atoms with E-state index < -0.39 is 0 Å². The van der Waals surface area contributed by atoms with E-state index >= 15 is 0 Å². The summed E-state index contributed by atoms with van der Waals surface area (Å²) < 4.78 is 5.11. The molecule has 0 radical (unpaired) electrons. The molecule has 1 unspecified atom stereocenters. The molecule has 6 heteroatoms. The van der Waals surface area contributed by atoms with E-state index in [-0.39, 0.29) is 24.3 Å². The Hall–Kier alpha value is -1.92. The molecular formula is C18H27N3O3. The van der Waals surface area contributed by atoms with Gasteiger partial charge >= 0.3 is 0 Å². The van der Waals surface area contributed by atoms with E-state index in [0.717, 1.165) is 18.4 Å². The Kier molecular flexibility index (Phi) is 6.75. The van der Waals surface area contributed by atoms with Crippen LogP contribution in [-0.2, 0) is 9.53 Å². The van der Waals surface area contributed by atoms with E-state index in [0.29, 0.717) is 23.8 Å². The molecule has 0 aliphatic heterocycles. The summed E-state index contributed by atoms with van der Waals surface area (Å²) in [6, 6.07) is 5.60. The average Bonchev–Trinajstić information content (AvgIpc) is 3.07. The van der Waals surface area contributed by atoms with Gasteiger partial charge in [0.15, 0.2) is 0 Å². The molecule has 0 spiro atoms. The van der Waals surface area contributed by atoms with Gasteiger partial charge in [-0.25, -0.2) is 0 Å². The van der Waals surface area contributed by atoms with Crippen LogP contribution in [0.25, 0.3) is 0 Å². The Bertz CT molecular complexity index is 579. The molecular weight excluding hydrogens is 306 g/mol. The summed E-state index contributed by atoms with van der Waals surface area (Å²) in [7, 11) is 1.54. The Morgan fingerprint density at radius 2 is 2.04 bits per heavy atom. The summed E-state index contributed by atoms with van der Waals surface area (Å²) in [5.74, 6) is -0.205. The molecule has 6 nitrogen and oxygen atoms in total. The molecule has 1 saturated carbocycles. The van der Waals surface area contributed by atoms with Gasteiger partial charge in [-0.15, -0.1) is 0 Å². The summed E-state index contributed by atoms with van der Waals surface area (Å²) in [6.07, 6.45) is 4.39. The fourth-order valence-electron chi connectivity index (χ4n) is 2.95. The molecule has 0 saturated heterocycles. The maximum Gasteiger partial charge on any atom is 0.251 e. The zero-order valence-electron chi connectivity index (χ0n) is 14.4. The molecule has 0 aromatic heterocycles. The quantitative estimate of drug-likeness (QED) is 0.711. The van der Waals surface area contributed by atoms with E-state index in [1.165, 1.54) is 20.0 Å². The smallest absolute Gasteiger partial charge is 0.251 e. The number of benzene rings is 1. The van der Waals surface area contributed by atoms with Gasteiger partial charge in [0, 0.05) is 30.9 Å². The number of nitrogens with one attached hydrogen (secondary N) is 2. The second-order valence-corrected chi connectivity index (χ2v) is 6.33. The Morgan fingerprint density at radius 1 is 1.33 bits per heavy atom. The highest BCUT2D eigenvalue weighted by atomic mass is 16.5. The lowest BCUT2D eigenvalue weighted by Gasteiger charge is -2.15. The number of amides is 2. The SMILES string of the molecule is COC(CN)CC(=O)Nc1ccc(C(=O)NC2CCCC2)cc1C. The molecule has 2 rings (SSSR count). The van der Waals surface area contributed by atoms with Crippen LogP contribution in [0.5, 0.6) is 0 Å². The maximum atomic E-state index is 12.3. The monoisotopic (exact) mass is 333 g/mol. The number of ether oxygens (including phenoxy) is 1. The van der Waals surface area contributed by atoms with Crippen molar-refractivity contribution in [2.45, 2.75) is 51.2 Å². The van der Waals surface area contributed by atoms with Gasteiger partial charge in [0.05, 0.1) is 12.5 Å². The van der Waals surface area contributed by atoms with Crippen molar-refractivity contribution in [3.8, 4) is 0 Å². The highest BCUT2D eigenvalue weighted by molar-refractivity contribution is 5.96. The van der Waals surface area contributed by atoms with Crippen molar-refractivity contribution in [2.75, 3.05) is 19.0 Å². The summed E-state index contributed by atoms with van der Waals surface area (Å²) in [5.41, 5.74) is 7.69. The summed E-state index contributed by atoms with van der Waals surface area (Å²) in [5, 5.41) is 5.91. The second-order valence-electron chi connectivity index (χ2n) is 6.33. The summed E-state index contributed by atoms with van der Waals surface area (Å²) in [4.78, 5) is 24.3. The van der Waals surface area contributed by atoms with Crippen LogP contribution >= 0.6 is 0 Å². The molecule has 1 aliphatic rings. The van der Waals surface area contributed by atoms with Gasteiger partial charge in [0.2, 0.25) is 5.91 Å². The minimum absolute atomic E-state index is 0.0505. The van der Waals surface area contributed by atoms with Gasteiger partial charge in [0.1, 0.15) is 0 Å². The molecule has 24 heavy (non-hydrogen) atoms. The molecule has 0 bridgehead atoms. The zero-order valence-corrected chi connectivity index (χ0v) is 14.4. The largest absolute Gasteiger partial charge is 0.380 e. The van der Waals surface area contributed by atoms with Gasteiger partial charge in [0.25, 0.3) is 5.91 Å². The number of anilines is 1. The van der Waals surface area contributed by atoms with E-state index in [1.54, 1.807) is 18.2 Å². The van der Waals surface area contributed by atoms with Gasteiger partial charge in [-0.3, -0.25) is 9.59 Å². The van der Waals surface area contributed by atoms with E-state index in [2.05, 4.69) is 10.6 Å². The Labute approximate surface area is 143 Å². The number of nitrogens with two attached hydrogens (primary N) is 1. The molecule has 4 N–H and O–H groups in total. The van der Waals surface area contributed by atoms with Crippen molar-refractivity contribution in [3.63, 3.8) is 0 Å². The standard InChI is InChI=1S/C18H27N3O3/c1-12-9-13(18(23)20-14-5-3-4-6-14)7-8-16(12)21-17(22)10-15(11-19)24-2/h7-9,14-15H,3-6,10-11,19H2,1-2H3,(H,20,23)(H,21,22). The minimum atomic E-state index is -0.290. The first-order valence-electron chi connectivity index (χ1n) is 8.47. The van der Waals surface area contributed by atoms with Crippen LogP contribution in [0.15, 0.2) is 18.2 Å². The van der Waals surface area contributed by atoms with Crippen LogP contribution in [0.2, 0.25) is 0 Å². The maximum absolute atomic E-state index is 12.3. The first kappa shape index (κ1) is 18.4. The van der Waals surface area contributed by atoms with Crippen LogP contribution in [0.3, 0.4) is 0 Å². The fourth-order valence-corrected chi connectivity index (χ4v) is 2.95. The molecule has 1 aliphatic carbocycles. The number of carbonyl (C=O) groups excluding carboxylic acids is 2. The lowest BCUT2D eigenvalue weighted by molar-refractivity contribution is -0.118. The lowest BCUT2D eigenvalue weighted by Crippen LogP contribution is -2.32. The predicted octanol–water partition coefficient (Wildman–Crippen LogP) is 1.97. The normalized spacial score (nSPS) is 16.0. The van der Waals surface area contributed by atoms with Crippen molar-refractivity contribution >= 4 is 17.5 Å². The van der Waals surface area contributed by atoms with Crippen molar-refractivity contribution < 1.29 is 14.3 Å². The van der Waals surface area contributed by atoms with Gasteiger partial charge in [-0.2, -0.15) is 0 Å². The third kappa shape index (κ3) is 5.04. The lowest BCUT2D eigenvalue weighted by atomic mass is 10.1. The van der Waals surface area contributed by atoms with Gasteiger partial charge < -0.3 is 21.1 Å². The minimum Gasteiger partial charge on any atom is -0.380 e. The number of hydrogen-bond donors (Lipinski definition) is 3. The van der Waals surface area contributed by atoms with E-state index in [4.69, 9.17) is 10.5 Å². The number of carbonyl (C=O) groups is 2. The molecule has 1 aromatic carbocycles. The summed E-state index contributed by atoms with van der Waals surface area (Å²) in [6.45, 7) is 2.17. The van der Waals surface area contributed by atoms with Crippen LogP contribution in [0.1, 0.15) is 48.0 Å². The number of aryl methyl sites for hydroxylation is 1. The van der Waals surface area contributed by atoms with Gasteiger partial charge in [-0.1, -0.05) is 12.8 Å². The topological polar surface area (TPSA) is 93.4 Å². The molecule has 132 valence electrons. The third-order valence-electron chi connectivity index (χ3n) is 4.46. The predicted molar refractivity (Wildman–Crippen MR) is 94.0 cm³/mol. The van der Waals surface area contributed by atoms with Crippen LogP contribution < -0.4 is 16.4 Å². The summed E-state index contributed by atoms with van der Waals surface area (Å²) >= 11 is 0. The zero-order chi connectivity index (χ0) is 17.5. The molecule has 1 fully saturated rings. The van der Waals surface area contributed by atoms with E-state index in [1.807, 2.05) is 6.92 Å². The Balaban J connectivity index is 1.95. The van der Waals surface area contributed by atoms with E-state index in [9.17, 15) is 9.59 Å². The van der Waals surface area contributed by atoms with Crippen molar-refractivity contribution in [3.05, 3.63) is 29.3 Å².